The van der Waals surface area contributed by atoms with Crippen molar-refractivity contribution >= 4 is 63.4 Å². The maximum atomic E-state index is 16.0. The molecular formula is C60H71ClFN5O15. The lowest BCUT2D eigenvalue weighted by Gasteiger charge is -2.38. The van der Waals surface area contributed by atoms with E-state index in [0.29, 0.717) is 44.4 Å². The van der Waals surface area contributed by atoms with E-state index in [1.54, 1.807) is 49.3 Å². The van der Waals surface area contributed by atoms with Gasteiger partial charge in [0.1, 0.15) is 40.4 Å². The number of phenols is 1. The average Bonchev–Trinajstić information content (AvgIpc) is 1.70. The standard InChI is InChI=1S/C60H71ClFN5O15/c1-27-11-10-12-28(2)58(76)64-45-48(65-20-16-35(17-21-65)63-24-34-15-19-66(25-34)47-39(62)23-37-46(44(47)61)67(36-13-14-36)26-38(52(37)72)59(77)78)54(74)41-42(53(45)73)51(71)32(6)56-43(41)57(75)60(8,82-56)80-22-18-40(79-9)29(3)55(81-33(7)68)31(5)50(70)30(4)49(27)69/h10-12,18,22-23,26-27,29-31,34-36,40,49-50,55,63,69-71H,13-17,19-21,24-25H2,1-9H3,(H,64,76)(H,77,78)/t27-,29+,30+,31+,34?,40-,49-,50+,55+,60-/m0/s1. The number of Topliss-reactive ketones (excluding diaryl/α,β-unsaturated/α-hetero) is 3. The molecule has 7 aliphatic rings. The number of hydrogen-bond donors (Lipinski definition) is 6. The zero-order valence-corrected chi connectivity index (χ0v) is 48.1. The summed E-state index contributed by atoms with van der Waals surface area (Å²) in [5.74, 6) is -11.7. The number of halogens is 2. The van der Waals surface area contributed by atoms with Crippen LogP contribution in [0.15, 0.2) is 64.6 Å². The lowest BCUT2D eigenvalue weighted by atomic mass is 9.78. The van der Waals surface area contributed by atoms with Gasteiger partial charge in [-0.25, -0.2) is 9.18 Å². The highest BCUT2D eigenvalue weighted by Gasteiger charge is 2.53. The van der Waals surface area contributed by atoms with Gasteiger partial charge in [-0.1, -0.05) is 57.5 Å². The second-order valence-electron chi connectivity index (χ2n) is 23.0. The highest BCUT2D eigenvalue weighted by Crippen LogP contribution is 2.50. The third-order valence-electron chi connectivity index (χ3n) is 17.4. The van der Waals surface area contributed by atoms with E-state index < -0.39 is 128 Å². The van der Waals surface area contributed by atoms with Gasteiger partial charge < -0.3 is 64.4 Å². The first kappa shape index (κ1) is 59.7. The smallest absolute Gasteiger partial charge is 0.341 e. The van der Waals surface area contributed by atoms with E-state index >= 15 is 14.0 Å². The first-order valence-corrected chi connectivity index (χ1v) is 28.2. The van der Waals surface area contributed by atoms with Crippen molar-refractivity contribution in [2.24, 2.45) is 29.6 Å². The number of piperidine rings is 1. The quantitative estimate of drug-likeness (QED) is 0.122. The first-order chi connectivity index (χ1) is 38.8. The molecule has 2 saturated heterocycles. The van der Waals surface area contributed by atoms with Gasteiger partial charge in [0.25, 0.3) is 11.7 Å². The summed E-state index contributed by atoms with van der Waals surface area (Å²) in [7, 11) is 1.41. The van der Waals surface area contributed by atoms with E-state index in [0.717, 1.165) is 18.9 Å². The van der Waals surface area contributed by atoms with Crippen molar-refractivity contribution in [3.63, 3.8) is 0 Å². The number of anilines is 1. The summed E-state index contributed by atoms with van der Waals surface area (Å²) < 4.78 is 41.5. The first-order valence-electron chi connectivity index (χ1n) is 27.9. The number of nitrogens with zero attached hydrogens (tertiary/aromatic N) is 3. The molecule has 0 radical (unpaired) electrons. The number of carboxylic acids is 1. The number of rotatable bonds is 9. The van der Waals surface area contributed by atoms with Crippen LogP contribution in [0.2, 0.25) is 5.02 Å². The molecule has 20 nitrogen and oxygen atoms in total. The van der Waals surface area contributed by atoms with Gasteiger partial charge >= 0.3 is 17.7 Å². The molecule has 5 bridgehead atoms. The molecule has 6 N–H and O–H groups in total. The lowest BCUT2D eigenvalue weighted by Crippen LogP contribution is -2.47. The Morgan fingerprint density at radius 2 is 1.60 bits per heavy atom. The number of hydrogen-bond acceptors (Lipinski definition) is 17. The van der Waals surface area contributed by atoms with Crippen LogP contribution in [0.3, 0.4) is 0 Å². The van der Waals surface area contributed by atoms with Crippen molar-refractivity contribution in [1.82, 2.24) is 20.1 Å². The summed E-state index contributed by atoms with van der Waals surface area (Å²) in [4.78, 5) is 100. The number of carbonyl (C=O) groups is 6. The maximum Gasteiger partial charge on any atom is 0.341 e. The maximum absolute atomic E-state index is 16.0. The lowest BCUT2D eigenvalue weighted by molar-refractivity contribution is -0.160. The number of carboxylic acid groups (broad SMARTS) is 1. The number of aliphatic hydroxyl groups is 2. The van der Waals surface area contributed by atoms with Crippen LogP contribution in [0.25, 0.3) is 10.9 Å². The molecule has 82 heavy (non-hydrogen) atoms. The minimum Gasteiger partial charge on any atom is -0.507 e. The number of phenolic OH excluding ortho intramolecular Hbond substituents is 1. The molecule has 1 aromatic heterocycles. The number of carbonyl (C=O) groups excluding carboxylic acids is 5. The summed E-state index contributed by atoms with van der Waals surface area (Å²) in [5.41, 5.74) is -2.55. The summed E-state index contributed by atoms with van der Waals surface area (Å²) >= 11 is 6.95. The number of aliphatic hydroxyl groups excluding tert-OH is 2. The second kappa shape index (κ2) is 23.4. The van der Waals surface area contributed by atoms with Crippen LogP contribution in [0.1, 0.15) is 134 Å². The molecule has 22 heteroatoms. The number of amides is 1. The van der Waals surface area contributed by atoms with E-state index in [4.69, 9.17) is 30.5 Å². The Bertz CT molecular complexity index is 3340. The highest BCUT2D eigenvalue weighted by molar-refractivity contribution is 6.38. The number of pyridine rings is 1. The van der Waals surface area contributed by atoms with Crippen LogP contribution in [0, 0.1) is 42.3 Å². The van der Waals surface area contributed by atoms with E-state index in [2.05, 4.69) is 10.6 Å². The summed E-state index contributed by atoms with van der Waals surface area (Å²) in [6.45, 7) is 14.1. The van der Waals surface area contributed by atoms with Crippen molar-refractivity contribution in [3.05, 3.63) is 109 Å². The predicted octanol–water partition coefficient (Wildman–Crippen LogP) is 6.68. The summed E-state index contributed by atoms with van der Waals surface area (Å²) in [6, 6.07) is 0.935. The number of aromatic hydroxyl groups is 1. The number of fused-ring (bicyclic) bond motifs is 15. The summed E-state index contributed by atoms with van der Waals surface area (Å²) in [6.07, 6.45) is 7.62. The minimum atomic E-state index is -2.15. The number of ether oxygens (including phenoxy) is 4. The molecule has 5 aliphatic heterocycles. The van der Waals surface area contributed by atoms with Crippen LogP contribution in [-0.2, 0) is 23.8 Å². The third-order valence-corrected chi connectivity index (χ3v) is 17.8. The Balaban J connectivity index is 0.989. The molecule has 440 valence electrons. The largest absolute Gasteiger partial charge is 0.507 e. The molecular weight excluding hydrogens is 1090 g/mol. The van der Waals surface area contributed by atoms with Crippen LogP contribution < -0.4 is 25.7 Å². The van der Waals surface area contributed by atoms with Crippen molar-refractivity contribution in [1.29, 1.82) is 0 Å². The van der Waals surface area contributed by atoms with Gasteiger partial charge in [-0.2, -0.15) is 0 Å². The van der Waals surface area contributed by atoms with Gasteiger partial charge in [-0.05, 0) is 70.6 Å². The number of ketones is 3. The van der Waals surface area contributed by atoms with Gasteiger partial charge in [-0.15, -0.1) is 0 Å². The molecule has 1 amide bonds. The Hall–Kier alpha value is -6.91. The zero-order chi connectivity index (χ0) is 59.5. The molecule has 2 aliphatic carbocycles. The fraction of sp³-hybridized carbons (Fsp3) is 0.517. The fourth-order valence-corrected chi connectivity index (χ4v) is 12.7. The molecule has 1 unspecified atom stereocenters. The van der Waals surface area contributed by atoms with E-state index in [-0.39, 0.29) is 75.3 Å². The monoisotopic (exact) mass is 1160 g/mol. The number of aromatic carboxylic acids is 1. The normalized spacial score (nSPS) is 28.6. The molecule has 1 saturated carbocycles. The minimum absolute atomic E-state index is 0.0375. The van der Waals surface area contributed by atoms with Gasteiger partial charge in [0, 0.05) is 100 Å². The Labute approximate surface area is 478 Å². The topological polar surface area (TPSA) is 273 Å². The Morgan fingerprint density at radius 1 is 0.915 bits per heavy atom. The van der Waals surface area contributed by atoms with Crippen LogP contribution in [0.4, 0.5) is 10.1 Å². The SMILES string of the molecule is CO[C@H]1C=CO[C@@]2(C)Oc3c(C)c(O)c4c(c3C2=O)C(=O)C(N2CCC(NCC3CCN(c5c(F)cc6c(=O)c(C(=O)O)cn(C7CC7)c6c5Cl)C3)CC2)=C(NC(=O)C(C)=CC=C[C@H](C)[C@H](O)[C@@H](C)[C@@H](O)[C@@H](C)[C@H](OC(C)=O)[C@@H]1C)C4=O. The second-order valence-corrected chi connectivity index (χ2v) is 23.4. The zero-order valence-electron chi connectivity index (χ0n) is 47.3. The van der Waals surface area contributed by atoms with E-state index in [9.17, 15) is 44.4 Å². The van der Waals surface area contributed by atoms with Gasteiger partial charge in [0.15, 0.2) is 0 Å². The van der Waals surface area contributed by atoms with Gasteiger partial charge in [0.05, 0.1) is 62.9 Å². The van der Waals surface area contributed by atoms with Crippen molar-refractivity contribution in [2.45, 2.75) is 130 Å². The Kier molecular flexibility index (Phi) is 17.0. The van der Waals surface area contributed by atoms with Crippen molar-refractivity contribution in [3.8, 4) is 11.5 Å². The van der Waals surface area contributed by atoms with Gasteiger partial charge in [-0.3, -0.25) is 28.8 Å². The summed E-state index contributed by atoms with van der Waals surface area (Å²) in [5, 5.41) is 51.0. The van der Waals surface area contributed by atoms with Gasteiger partial charge in [0.2, 0.25) is 17.0 Å². The molecule has 10 atom stereocenters. The number of benzene rings is 2. The number of likely N-dealkylation sites (tertiary alicyclic amines) is 1. The van der Waals surface area contributed by atoms with Crippen LogP contribution in [0.5, 0.6) is 11.5 Å². The number of aromatic nitrogens is 1. The van der Waals surface area contributed by atoms with E-state index in [1.165, 1.54) is 59.4 Å². The van der Waals surface area contributed by atoms with E-state index in [1.807, 2.05) is 4.90 Å². The molecule has 2 aromatic carbocycles. The van der Waals surface area contributed by atoms with Crippen molar-refractivity contribution < 1.29 is 72.5 Å². The van der Waals surface area contributed by atoms with Crippen molar-refractivity contribution in [2.75, 3.05) is 44.7 Å². The molecule has 0 spiro atoms. The molecule has 3 fully saturated rings. The average molecular weight is 1160 g/mol. The Morgan fingerprint density at radius 3 is 2.24 bits per heavy atom. The molecule has 6 heterocycles. The number of nitrogens with one attached hydrogen (secondary N) is 2. The number of methoxy groups -OCH3 is 1. The molecule has 10 rings (SSSR count). The number of esters is 1. The number of allylic oxidation sites excluding steroid dienone is 4. The van der Waals surface area contributed by atoms with Crippen LogP contribution in [-0.4, -0.2) is 141 Å². The molecule has 3 aromatic rings. The fourth-order valence-electron chi connectivity index (χ4n) is 12.3. The highest BCUT2D eigenvalue weighted by atomic mass is 35.5. The van der Waals surface area contributed by atoms with Crippen LogP contribution >= 0.6 is 11.6 Å². The predicted molar refractivity (Wildman–Crippen MR) is 300 cm³/mol. The third kappa shape index (κ3) is 11.0.